The average Bonchev–Trinajstić information content (AvgIpc) is 3.04. The van der Waals surface area contributed by atoms with Crippen LogP contribution in [0.4, 0.5) is 10.6 Å². The number of ether oxygens (including phenoxy) is 1. The number of carbonyl (C=O) groups excluding carboxylic acids is 1. The first-order chi connectivity index (χ1) is 11.8. The molecule has 2 fully saturated rings. The Morgan fingerprint density at radius 1 is 1.16 bits per heavy atom. The maximum absolute atomic E-state index is 12.5. The van der Waals surface area contributed by atoms with Gasteiger partial charge in [0.2, 0.25) is 0 Å². The summed E-state index contributed by atoms with van der Waals surface area (Å²) in [6, 6.07) is 4.28. The highest BCUT2D eigenvalue weighted by Gasteiger charge is 2.33. The second-order valence-corrected chi connectivity index (χ2v) is 8.07. The summed E-state index contributed by atoms with van der Waals surface area (Å²) in [7, 11) is 2.15. The summed E-state index contributed by atoms with van der Waals surface area (Å²) in [5, 5.41) is 0. The van der Waals surface area contributed by atoms with E-state index in [0.29, 0.717) is 0 Å². The van der Waals surface area contributed by atoms with Gasteiger partial charge in [0.25, 0.3) is 0 Å². The molecule has 1 aromatic rings. The number of rotatable bonds is 2. The number of likely N-dealkylation sites (N-methyl/N-ethyl adjacent to an activating group) is 1. The number of anilines is 1. The number of piperazine rings is 1. The monoisotopic (exact) mass is 346 g/mol. The number of hydrogen-bond acceptors (Lipinski definition) is 5. The Kier molecular flexibility index (Phi) is 5.18. The van der Waals surface area contributed by atoms with Crippen molar-refractivity contribution in [2.75, 3.05) is 44.7 Å². The van der Waals surface area contributed by atoms with E-state index in [1.807, 2.05) is 31.9 Å². The van der Waals surface area contributed by atoms with Crippen molar-refractivity contribution in [1.82, 2.24) is 14.8 Å². The minimum Gasteiger partial charge on any atom is -0.444 e. The van der Waals surface area contributed by atoms with E-state index in [4.69, 9.17) is 4.74 Å². The lowest BCUT2D eigenvalue weighted by Crippen LogP contribution is -2.44. The van der Waals surface area contributed by atoms with Crippen molar-refractivity contribution >= 4 is 11.9 Å². The summed E-state index contributed by atoms with van der Waals surface area (Å²) < 4.78 is 5.56. The topological polar surface area (TPSA) is 48.9 Å². The fourth-order valence-electron chi connectivity index (χ4n) is 3.47. The van der Waals surface area contributed by atoms with Crippen LogP contribution in [0, 0.1) is 0 Å². The van der Waals surface area contributed by atoms with Crippen LogP contribution in [0.3, 0.4) is 0 Å². The lowest BCUT2D eigenvalue weighted by Gasteiger charge is -2.33. The van der Waals surface area contributed by atoms with Crippen LogP contribution in [0.2, 0.25) is 0 Å². The van der Waals surface area contributed by atoms with Gasteiger partial charge in [-0.3, -0.25) is 0 Å². The summed E-state index contributed by atoms with van der Waals surface area (Å²) in [6.45, 7) is 10.6. The average molecular weight is 346 g/mol. The minimum absolute atomic E-state index is 0.0730. The van der Waals surface area contributed by atoms with E-state index in [0.717, 1.165) is 56.9 Å². The van der Waals surface area contributed by atoms with Crippen LogP contribution in [0.25, 0.3) is 0 Å². The van der Waals surface area contributed by atoms with Crippen LogP contribution < -0.4 is 4.90 Å². The summed E-state index contributed by atoms with van der Waals surface area (Å²) in [6.07, 6.45) is 3.68. The van der Waals surface area contributed by atoms with Gasteiger partial charge in [-0.25, -0.2) is 9.78 Å². The summed E-state index contributed by atoms with van der Waals surface area (Å²) in [5.41, 5.74) is 0.634. The third kappa shape index (κ3) is 4.42. The van der Waals surface area contributed by atoms with Gasteiger partial charge in [0, 0.05) is 38.9 Å². The molecular weight excluding hydrogens is 316 g/mol. The predicted octanol–water partition coefficient (Wildman–Crippen LogP) is 2.91. The van der Waals surface area contributed by atoms with Gasteiger partial charge in [0.15, 0.2) is 0 Å². The molecule has 6 heteroatoms. The summed E-state index contributed by atoms with van der Waals surface area (Å²) >= 11 is 0. The van der Waals surface area contributed by atoms with Crippen molar-refractivity contribution < 1.29 is 9.53 Å². The number of hydrogen-bond donors (Lipinski definition) is 0. The molecule has 0 aliphatic carbocycles. The van der Waals surface area contributed by atoms with Crippen molar-refractivity contribution in [2.24, 2.45) is 0 Å². The van der Waals surface area contributed by atoms with E-state index in [2.05, 4.69) is 34.0 Å². The highest BCUT2D eigenvalue weighted by molar-refractivity contribution is 5.69. The van der Waals surface area contributed by atoms with E-state index in [1.54, 1.807) is 0 Å². The van der Waals surface area contributed by atoms with Gasteiger partial charge in [-0.15, -0.1) is 0 Å². The molecule has 0 aromatic carbocycles. The minimum atomic E-state index is -0.465. The molecule has 0 unspecified atom stereocenters. The second kappa shape index (κ2) is 7.20. The number of aromatic nitrogens is 1. The van der Waals surface area contributed by atoms with Crippen LogP contribution in [0.1, 0.15) is 45.2 Å². The van der Waals surface area contributed by atoms with Crippen molar-refractivity contribution in [3.8, 4) is 0 Å². The molecule has 1 amide bonds. The normalized spacial score (nSPS) is 22.3. The molecule has 0 radical (unpaired) electrons. The van der Waals surface area contributed by atoms with E-state index in [1.165, 1.54) is 0 Å². The van der Waals surface area contributed by atoms with E-state index >= 15 is 0 Å². The first-order valence-electron chi connectivity index (χ1n) is 9.22. The first kappa shape index (κ1) is 18.0. The highest BCUT2D eigenvalue weighted by Crippen LogP contribution is 2.33. The molecule has 3 rings (SSSR count). The van der Waals surface area contributed by atoms with E-state index < -0.39 is 5.60 Å². The molecule has 1 atom stereocenters. The quantitative estimate of drug-likeness (QED) is 0.824. The molecule has 0 saturated carbocycles. The molecule has 1 aromatic heterocycles. The number of likely N-dealkylation sites (tertiary alicyclic amines) is 1. The number of pyridine rings is 1. The molecule has 2 aliphatic rings. The first-order valence-corrected chi connectivity index (χ1v) is 9.22. The highest BCUT2D eigenvalue weighted by atomic mass is 16.6. The summed E-state index contributed by atoms with van der Waals surface area (Å²) in [4.78, 5) is 23.6. The van der Waals surface area contributed by atoms with Crippen LogP contribution in [0.5, 0.6) is 0 Å². The lowest BCUT2D eigenvalue weighted by atomic mass is 10.1. The van der Waals surface area contributed by atoms with Gasteiger partial charge in [-0.05, 0) is 52.3 Å². The Labute approximate surface area is 150 Å². The molecule has 2 aliphatic heterocycles. The third-order valence-corrected chi connectivity index (χ3v) is 4.86. The van der Waals surface area contributed by atoms with Crippen LogP contribution in [0.15, 0.2) is 18.3 Å². The van der Waals surface area contributed by atoms with Gasteiger partial charge in [0.05, 0.1) is 6.04 Å². The largest absolute Gasteiger partial charge is 0.444 e. The van der Waals surface area contributed by atoms with Gasteiger partial charge >= 0.3 is 6.09 Å². The smallest absolute Gasteiger partial charge is 0.410 e. The summed E-state index contributed by atoms with van der Waals surface area (Å²) in [5.74, 6) is 1.03. The third-order valence-electron chi connectivity index (χ3n) is 4.86. The van der Waals surface area contributed by atoms with E-state index in [9.17, 15) is 4.79 Å². The van der Waals surface area contributed by atoms with Gasteiger partial charge in [0.1, 0.15) is 11.4 Å². The van der Waals surface area contributed by atoms with Crippen LogP contribution in [-0.2, 0) is 4.74 Å². The zero-order valence-corrected chi connectivity index (χ0v) is 15.9. The van der Waals surface area contributed by atoms with Crippen molar-refractivity contribution in [2.45, 2.75) is 45.3 Å². The number of carbonyl (C=O) groups is 1. The molecule has 3 heterocycles. The van der Waals surface area contributed by atoms with Crippen molar-refractivity contribution in [1.29, 1.82) is 0 Å². The van der Waals surface area contributed by atoms with Crippen molar-refractivity contribution in [3.63, 3.8) is 0 Å². The van der Waals surface area contributed by atoms with Crippen LogP contribution >= 0.6 is 0 Å². The SMILES string of the molecule is CN1CCN(c2ccc([C@@H]3CCCN3C(=O)OC(C)(C)C)cn2)CC1. The Hall–Kier alpha value is -1.82. The predicted molar refractivity (Wildman–Crippen MR) is 98.9 cm³/mol. The molecule has 138 valence electrons. The fourth-order valence-corrected chi connectivity index (χ4v) is 3.47. The van der Waals surface area contributed by atoms with Gasteiger partial charge in [-0.2, -0.15) is 0 Å². The van der Waals surface area contributed by atoms with Crippen molar-refractivity contribution in [3.05, 3.63) is 23.9 Å². The second-order valence-electron chi connectivity index (χ2n) is 8.07. The fraction of sp³-hybridized carbons (Fsp3) is 0.684. The molecule has 6 nitrogen and oxygen atoms in total. The Morgan fingerprint density at radius 3 is 2.48 bits per heavy atom. The Morgan fingerprint density at radius 2 is 1.88 bits per heavy atom. The molecule has 2 saturated heterocycles. The maximum Gasteiger partial charge on any atom is 0.410 e. The molecule has 25 heavy (non-hydrogen) atoms. The Bertz CT molecular complexity index is 588. The van der Waals surface area contributed by atoms with Gasteiger partial charge in [-0.1, -0.05) is 6.07 Å². The number of nitrogens with zero attached hydrogens (tertiary/aromatic N) is 4. The molecule has 0 N–H and O–H groups in total. The van der Waals surface area contributed by atoms with E-state index in [-0.39, 0.29) is 12.1 Å². The maximum atomic E-state index is 12.5. The Balaban J connectivity index is 1.67. The molecule has 0 bridgehead atoms. The zero-order valence-electron chi connectivity index (χ0n) is 15.9. The standard InChI is InChI=1S/C19H30N4O2/c1-19(2,3)25-18(24)23-9-5-6-16(23)15-7-8-17(20-14-15)22-12-10-21(4)11-13-22/h7-8,14,16H,5-6,9-13H2,1-4H3/t16-/m0/s1. The van der Waals surface area contributed by atoms with Crippen LogP contribution in [-0.4, -0.2) is 66.2 Å². The number of amides is 1. The molecular formula is C19H30N4O2. The van der Waals surface area contributed by atoms with Gasteiger partial charge < -0.3 is 19.4 Å². The zero-order chi connectivity index (χ0) is 18.0. The lowest BCUT2D eigenvalue weighted by molar-refractivity contribution is 0.0224. The molecule has 0 spiro atoms.